The Morgan fingerprint density at radius 2 is 2.17 bits per heavy atom. The maximum Gasteiger partial charge on any atom is 0.123 e. The summed E-state index contributed by atoms with van der Waals surface area (Å²) in [6, 6.07) is 5.36. The second-order valence-electron chi connectivity index (χ2n) is 5.39. The van der Waals surface area contributed by atoms with Gasteiger partial charge in [0.05, 0.1) is 7.11 Å². The molecule has 0 aromatic heterocycles. The number of rotatable bonds is 4. The van der Waals surface area contributed by atoms with Crippen LogP contribution in [0.3, 0.4) is 0 Å². The number of methoxy groups -OCH3 is 1. The topological polar surface area (TPSA) is 21.3 Å². The minimum atomic E-state index is -0.209. The fraction of sp³-hybridized carbons (Fsp3) is 0.600. The molecule has 1 fully saturated rings. The van der Waals surface area contributed by atoms with Gasteiger partial charge in [0.15, 0.2) is 0 Å². The molecule has 1 aromatic rings. The van der Waals surface area contributed by atoms with Crippen molar-refractivity contribution < 1.29 is 9.13 Å². The lowest BCUT2D eigenvalue weighted by molar-refractivity contribution is 0.389. The molecule has 0 bridgehead atoms. The van der Waals surface area contributed by atoms with Gasteiger partial charge in [0, 0.05) is 17.6 Å². The molecule has 1 aliphatic carbocycles. The predicted octanol–water partition coefficient (Wildman–Crippen LogP) is 3.67. The molecule has 0 radical (unpaired) electrons. The number of ether oxygens (including phenoxy) is 1. The third-order valence-electron chi connectivity index (χ3n) is 3.84. The van der Waals surface area contributed by atoms with Gasteiger partial charge in [-0.2, -0.15) is 0 Å². The molecular formula is C15H22FNO. The Balaban J connectivity index is 2.08. The Morgan fingerprint density at radius 1 is 1.39 bits per heavy atom. The Labute approximate surface area is 109 Å². The van der Waals surface area contributed by atoms with Gasteiger partial charge in [-0.15, -0.1) is 0 Å². The van der Waals surface area contributed by atoms with E-state index >= 15 is 0 Å². The van der Waals surface area contributed by atoms with Gasteiger partial charge in [-0.3, -0.25) is 0 Å². The van der Waals surface area contributed by atoms with Crippen LogP contribution in [0.25, 0.3) is 0 Å². The molecule has 18 heavy (non-hydrogen) atoms. The van der Waals surface area contributed by atoms with Gasteiger partial charge < -0.3 is 10.1 Å². The first-order chi connectivity index (χ1) is 8.60. The van der Waals surface area contributed by atoms with Crippen LogP contribution >= 0.6 is 0 Å². The smallest absolute Gasteiger partial charge is 0.123 e. The maximum absolute atomic E-state index is 13.3. The van der Waals surface area contributed by atoms with Crippen LogP contribution in [-0.4, -0.2) is 13.2 Å². The summed E-state index contributed by atoms with van der Waals surface area (Å²) in [6.45, 7) is 4.36. The van der Waals surface area contributed by atoms with Crippen LogP contribution in [0.1, 0.15) is 44.7 Å². The second kappa shape index (κ2) is 5.70. The van der Waals surface area contributed by atoms with Crippen molar-refractivity contribution in [3.05, 3.63) is 29.6 Å². The zero-order valence-electron chi connectivity index (χ0n) is 11.4. The van der Waals surface area contributed by atoms with E-state index in [1.165, 1.54) is 25.3 Å². The van der Waals surface area contributed by atoms with Crippen LogP contribution in [0.4, 0.5) is 4.39 Å². The van der Waals surface area contributed by atoms with E-state index in [1.807, 2.05) is 0 Å². The molecule has 0 heterocycles. The van der Waals surface area contributed by atoms with Gasteiger partial charge in [0.1, 0.15) is 11.6 Å². The van der Waals surface area contributed by atoms with Crippen molar-refractivity contribution in [2.75, 3.05) is 7.11 Å². The van der Waals surface area contributed by atoms with Gasteiger partial charge >= 0.3 is 0 Å². The van der Waals surface area contributed by atoms with E-state index in [1.54, 1.807) is 19.2 Å². The monoisotopic (exact) mass is 251 g/mol. The van der Waals surface area contributed by atoms with Crippen molar-refractivity contribution in [3.8, 4) is 5.75 Å². The molecule has 1 aromatic carbocycles. The van der Waals surface area contributed by atoms with E-state index in [4.69, 9.17) is 4.74 Å². The van der Waals surface area contributed by atoms with E-state index < -0.39 is 0 Å². The summed E-state index contributed by atoms with van der Waals surface area (Å²) >= 11 is 0. The lowest BCUT2D eigenvalue weighted by Crippen LogP contribution is -2.29. The third-order valence-corrected chi connectivity index (χ3v) is 3.84. The lowest BCUT2D eigenvalue weighted by Gasteiger charge is -2.21. The van der Waals surface area contributed by atoms with Gasteiger partial charge in [-0.1, -0.05) is 6.92 Å². The minimum Gasteiger partial charge on any atom is -0.496 e. The Bertz CT molecular complexity index is 407. The number of hydrogen-bond acceptors (Lipinski definition) is 2. The Hall–Kier alpha value is -1.09. The van der Waals surface area contributed by atoms with Crippen LogP contribution in [0.15, 0.2) is 18.2 Å². The zero-order valence-corrected chi connectivity index (χ0v) is 11.4. The van der Waals surface area contributed by atoms with Crippen molar-refractivity contribution >= 4 is 0 Å². The molecule has 3 heteroatoms. The quantitative estimate of drug-likeness (QED) is 0.881. The minimum absolute atomic E-state index is 0.117. The number of hydrogen-bond donors (Lipinski definition) is 1. The highest BCUT2D eigenvalue weighted by atomic mass is 19.1. The molecule has 100 valence electrons. The van der Waals surface area contributed by atoms with E-state index in [0.29, 0.717) is 6.04 Å². The Morgan fingerprint density at radius 3 is 2.78 bits per heavy atom. The van der Waals surface area contributed by atoms with E-state index in [0.717, 1.165) is 17.2 Å². The van der Waals surface area contributed by atoms with E-state index in [2.05, 4.69) is 19.2 Å². The van der Waals surface area contributed by atoms with Crippen LogP contribution in [0, 0.1) is 11.7 Å². The molecule has 2 nitrogen and oxygen atoms in total. The molecule has 0 aliphatic heterocycles. The average Bonchev–Trinajstić information content (AvgIpc) is 2.74. The molecule has 0 amide bonds. The summed E-state index contributed by atoms with van der Waals surface area (Å²) in [5, 5.41) is 3.58. The first kappa shape index (κ1) is 13.3. The largest absolute Gasteiger partial charge is 0.496 e. The fourth-order valence-electron chi connectivity index (χ4n) is 2.85. The summed E-state index contributed by atoms with van der Waals surface area (Å²) in [7, 11) is 1.63. The molecule has 1 saturated carbocycles. The average molecular weight is 251 g/mol. The van der Waals surface area contributed by atoms with Crippen LogP contribution in [0.5, 0.6) is 5.75 Å². The van der Waals surface area contributed by atoms with Crippen LogP contribution in [-0.2, 0) is 0 Å². The van der Waals surface area contributed by atoms with Gasteiger partial charge in [0.25, 0.3) is 0 Å². The predicted molar refractivity (Wildman–Crippen MR) is 71.3 cm³/mol. The van der Waals surface area contributed by atoms with Crippen molar-refractivity contribution in [2.24, 2.45) is 5.92 Å². The SMILES string of the molecule is COc1ccc(F)cc1C(C)NC1CCC(C)C1. The third kappa shape index (κ3) is 3.02. The highest BCUT2D eigenvalue weighted by molar-refractivity contribution is 5.36. The first-order valence-corrected chi connectivity index (χ1v) is 6.69. The van der Waals surface area contributed by atoms with Crippen LogP contribution < -0.4 is 10.1 Å². The summed E-state index contributed by atoms with van der Waals surface area (Å²) in [4.78, 5) is 0. The van der Waals surface area contributed by atoms with Gasteiger partial charge in [0.2, 0.25) is 0 Å². The van der Waals surface area contributed by atoms with E-state index in [-0.39, 0.29) is 11.9 Å². The molecule has 3 atom stereocenters. The number of benzene rings is 1. The molecule has 0 spiro atoms. The van der Waals surface area contributed by atoms with Crippen molar-refractivity contribution in [2.45, 2.75) is 45.2 Å². The number of halogens is 1. The molecule has 0 saturated heterocycles. The molecule has 1 N–H and O–H groups in total. The summed E-state index contributed by atoms with van der Waals surface area (Å²) in [5.74, 6) is 1.34. The number of nitrogens with one attached hydrogen (secondary N) is 1. The zero-order chi connectivity index (χ0) is 13.1. The Kier molecular flexibility index (Phi) is 4.23. The normalized spacial score (nSPS) is 25.1. The van der Waals surface area contributed by atoms with Gasteiger partial charge in [-0.05, 0) is 50.3 Å². The molecule has 2 rings (SSSR count). The first-order valence-electron chi connectivity index (χ1n) is 6.69. The lowest BCUT2D eigenvalue weighted by atomic mass is 10.0. The van der Waals surface area contributed by atoms with Crippen LogP contribution in [0.2, 0.25) is 0 Å². The van der Waals surface area contributed by atoms with Crippen molar-refractivity contribution in [3.63, 3.8) is 0 Å². The standard InChI is InChI=1S/C15H22FNO/c1-10-4-6-13(8-10)17-11(2)14-9-12(16)5-7-15(14)18-3/h5,7,9-11,13,17H,4,6,8H2,1-3H3. The summed E-state index contributed by atoms with van der Waals surface area (Å²) < 4.78 is 18.6. The highest BCUT2D eigenvalue weighted by Gasteiger charge is 2.23. The summed E-state index contributed by atoms with van der Waals surface area (Å²) in [5.41, 5.74) is 0.900. The molecular weight excluding hydrogens is 229 g/mol. The van der Waals surface area contributed by atoms with E-state index in [9.17, 15) is 4.39 Å². The van der Waals surface area contributed by atoms with Crippen molar-refractivity contribution in [1.29, 1.82) is 0 Å². The second-order valence-corrected chi connectivity index (χ2v) is 5.39. The highest BCUT2D eigenvalue weighted by Crippen LogP contribution is 2.30. The molecule has 3 unspecified atom stereocenters. The van der Waals surface area contributed by atoms with Crippen molar-refractivity contribution in [1.82, 2.24) is 5.32 Å². The fourth-order valence-corrected chi connectivity index (χ4v) is 2.85. The van der Waals surface area contributed by atoms with Gasteiger partial charge in [-0.25, -0.2) is 4.39 Å². The maximum atomic E-state index is 13.3. The summed E-state index contributed by atoms with van der Waals surface area (Å²) in [6.07, 6.45) is 3.70. The molecule has 1 aliphatic rings.